The van der Waals surface area contributed by atoms with Crippen LogP contribution < -0.4 is 15.0 Å². The largest absolute Gasteiger partial charge is 0.504 e. The Hall–Kier alpha value is -3.81. The minimum absolute atomic E-state index is 0.0354. The maximum Gasteiger partial charge on any atom is 0.387 e. The van der Waals surface area contributed by atoms with Gasteiger partial charge in [0.2, 0.25) is 15.9 Å². The number of anilines is 2. The van der Waals surface area contributed by atoms with Gasteiger partial charge < -0.3 is 24.8 Å². The second-order valence-corrected chi connectivity index (χ2v) is 12.1. The van der Waals surface area contributed by atoms with Gasteiger partial charge in [-0.25, -0.2) is 8.42 Å². The van der Waals surface area contributed by atoms with Gasteiger partial charge in [-0.3, -0.25) is 9.59 Å². The zero-order valence-electron chi connectivity index (χ0n) is 22.9. The highest BCUT2D eigenvalue weighted by Crippen LogP contribution is 2.39. The molecule has 0 saturated carbocycles. The van der Waals surface area contributed by atoms with Crippen molar-refractivity contribution >= 4 is 43.9 Å². The maximum absolute atomic E-state index is 13.6. The quantitative estimate of drug-likeness (QED) is 0.328. The Kier molecular flexibility index (Phi) is 8.62. The van der Waals surface area contributed by atoms with E-state index in [9.17, 15) is 31.9 Å². The smallest absolute Gasteiger partial charge is 0.387 e. The molecule has 224 valence electrons. The number of phenolic OH excluding ortho intramolecular Hbond substituents is 1. The van der Waals surface area contributed by atoms with E-state index >= 15 is 0 Å². The predicted octanol–water partition coefficient (Wildman–Crippen LogP) is 4.37. The molecule has 2 aliphatic rings. The summed E-state index contributed by atoms with van der Waals surface area (Å²) in [6.07, 6.45) is 2.13. The van der Waals surface area contributed by atoms with Gasteiger partial charge in [-0.1, -0.05) is 24.6 Å². The molecule has 0 spiro atoms. The number of benzene rings is 3. The Morgan fingerprint density at radius 2 is 1.98 bits per heavy atom. The lowest BCUT2D eigenvalue weighted by atomic mass is 9.94. The van der Waals surface area contributed by atoms with Gasteiger partial charge in [0.1, 0.15) is 6.04 Å². The number of Topliss-reactive ketones (excluding diaryl/α,β-unsaturated/α-hetero) is 1. The number of hydrogen-bond acceptors (Lipinski definition) is 8. The number of alkyl halides is 2. The van der Waals surface area contributed by atoms with E-state index in [1.54, 1.807) is 25.3 Å². The standard InChI is InChI=1S/C29H31F2N3O7S/c1-40-15-5-13-33-17-25(36)20-7-4-6-19-21(10-11-22(33)27(19)20)32-28(37)23-8-2-3-14-34(23)42(38,39)18-9-12-26(24(35)16-18)41-29(30)31/h4,6-7,9-12,16,23,29,35H,2-3,5,8,13-15,17H2,1H3,(H,32,37). The molecule has 0 aromatic heterocycles. The van der Waals surface area contributed by atoms with Crippen molar-refractivity contribution in [2.24, 2.45) is 0 Å². The van der Waals surface area contributed by atoms with E-state index in [1.165, 1.54) is 0 Å². The number of nitrogens with one attached hydrogen (secondary N) is 1. The molecule has 0 bridgehead atoms. The van der Waals surface area contributed by atoms with Crippen molar-refractivity contribution in [2.75, 3.05) is 43.6 Å². The summed E-state index contributed by atoms with van der Waals surface area (Å²) < 4.78 is 62.7. The molecule has 0 aliphatic carbocycles. The number of rotatable bonds is 10. The van der Waals surface area contributed by atoms with Gasteiger partial charge in [-0.05, 0) is 43.5 Å². The normalized spacial score (nSPS) is 17.6. The number of piperidine rings is 1. The van der Waals surface area contributed by atoms with E-state index in [0.717, 1.165) is 40.0 Å². The van der Waals surface area contributed by atoms with Crippen LogP contribution in [0.1, 0.15) is 36.0 Å². The van der Waals surface area contributed by atoms with Gasteiger partial charge in [0.05, 0.1) is 11.4 Å². The van der Waals surface area contributed by atoms with Gasteiger partial charge in [0.15, 0.2) is 17.3 Å². The molecule has 2 N–H and O–H groups in total. The predicted molar refractivity (Wildman–Crippen MR) is 152 cm³/mol. The first kappa shape index (κ1) is 29.7. The van der Waals surface area contributed by atoms with Crippen molar-refractivity contribution < 1.29 is 41.4 Å². The number of hydrogen-bond donors (Lipinski definition) is 2. The highest BCUT2D eigenvalue weighted by molar-refractivity contribution is 7.89. The molecule has 5 rings (SSSR count). The molecule has 1 amide bonds. The van der Waals surface area contributed by atoms with E-state index in [-0.39, 0.29) is 30.2 Å². The van der Waals surface area contributed by atoms with Crippen molar-refractivity contribution in [3.05, 3.63) is 54.1 Å². The molecule has 2 heterocycles. The fourth-order valence-corrected chi connectivity index (χ4v) is 7.27. The number of amides is 1. The molecule has 3 aromatic carbocycles. The topological polar surface area (TPSA) is 125 Å². The minimum atomic E-state index is -4.28. The van der Waals surface area contributed by atoms with Crippen LogP contribution in [0.2, 0.25) is 0 Å². The molecular weight excluding hydrogens is 572 g/mol. The molecule has 10 nitrogen and oxygen atoms in total. The first-order valence-corrected chi connectivity index (χ1v) is 15.0. The molecule has 1 saturated heterocycles. The Labute approximate surface area is 241 Å². The van der Waals surface area contributed by atoms with Crippen LogP contribution in [0.4, 0.5) is 20.2 Å². The Balaban J connectivity index is 1.43. The summed E-state index contributed by atoms with van der Waals surface area (Å²) in [5, 5.41) is 14.4. The molecule has 1 fully saturated rings. The van der Waals surface area contributed by atoms with E-state index in [0.29, 0.717) is 42.6 Å². The molecule has 42 heavy (non-hydrogen) atoms. The average molecular weight is 604 g/mol. The van der Waals surface area contributed by atoms with E-state index in [4.69, 9.17) is 4.74 Å². The summed E-state index contributed by atoms with van der Waals surface area (Å²) in [5.74, 6) is -1.90. The van der Waals surface area contributed by atoms with Crippen LogP contribution in [0.5, 0.6) is 11.5 Å². The average Bonchev–Trinajstić information content (AvgIpc) is 2.97. The van der Waals surface area contributed by atoms with Gasteiger partial charge in [0, 0.05) is 60.6 Å². The third-order valence-corrected chi connectivity index (χ3v) is 9.44. The number of methoxy groups -OCH3 is 1. The third-order valence-electron chi connectivity index (χ3n) is 7.54. The lowest BCUT2D eigenvalue weighted by Crippen LogP contribution is -2.49. The van der Waals surface area contributed by atoms with Crippen molar-refractivity contribution in [1.82, 2.24) is 4.31 Å². The number of carbonyl (C=O) groups is 2. The van der Waals surface area contributed by atoms with Crippen LogP contribution >= 0.6 is 0 Å². The van der Waals surface area contributed by atoms with Crippen LogP contribution in [0.25, 0.3) is 10.8 Å². The summed E-state index contributed by atoms with van der Waals surface area (Å²) in [4.78, 5) is 28.3. The number of ketones is 1. The van der Waals surface area contributed by atoms with Crippen LogP contribution in [-0.2, 0) is 19.6 Å². The lowest BCUT2D eigenvalue weighted by Gasteiger charge is -2.34. The highest BCUT2D eigenvalue weighted by atomic mass is 32.2. The van der Waals surface area contributed by atoms with Gasteiger partial charge in [-0.2, -0.15) is 13.1 Å². The number of aromatic hydroxyl groups is 1. The molecule has 2 aliphatic heterocycles. The molecular formula is C29H31F2N3O7S. The fraction of sp³-hybridized carbons (Fsp3) is 0.379. The Morgan fingerprint density at radius 1 is 1.17 bits per heavy atom. The highest BCUT2D eigenvalue weighted by Gasteiger charge is 2.38. The maximum atomic E-state index is 13.6. The SMILES string of the molecule is COCCCN1CC(=O)c2cccc3c(NC(=O)C4CCCCN4S(=O)(=O)c4ccc(OC(F)F)c(O)c4)ccc1c23. The van der Waals surface area contributed by atoms with Gasteiger partial charge in [-0.15, -0.1) is 0 Å². The fourth-order valence-electron chi connectivity index (χ4n) is 5.60. The van der Waals surface area contributed by atoms with Crippen LogP contribution in [0, 0.1) is 0 Å². The van der Waals surface area contributed by atoms with Crippen molar-refractivity contribution in [2.45, 2.75) is 43.2 Å². The van der Waals surface area contributed by atoms with Gasteiger partial charge in [0.25, 0.3) is 0 Å². The monoisotopic (exact) mass is 603 g/mol. The minimum Gasteiger partial charge on any atom is -0.504 e. The number of halogens is 2. The summed E-state index contributed by atoms with van der Waals surface area (Å²) in [5.41, 5.74) is 1.87. The van der Waals surface area contributed by atoms with Gasteiger partial charge >= 0.3 is 6.61 Å². The zero-order valence-corrected chi connectivity index (χ0v) is 23.7. The second kappa shape index (κ2) is 12.2. The van der Waals surface area contributed by atoms with Crippen molar-refractivity contribution in [3.8, 4) is 11.5 Å². The molecule has 13 heteroatoms. The Morgan fingerprint density at radius 3 is 2.71 bits per heavy atom. The molecule has 3 aromatic rings. The molecule has 1 unspecified atom stereocenters. The lowest BCUT2D eigenvalue weighted by molar-refractivity contribution is -0.120. The zero-order chi connectivity index (χ0) is 30.0. The summed E-state index contributed by atoms with van der Waals surface area (Å²) in [6, 6.07) is 10.7. The summed E-state index contributed by atoms with van der Waals surface area (Å²) in [6.45, 7) is -1.72. The van der Waals surface area contributed by atoms with Crippen LogP contribution in [0.3, 0.4) is 0 Å². The van der Waals surface area contributed by atoms with Crippen molar-refractivity contribution in [3.63, 3.8) is 0 Å². The van der Waals surface area contributed by atoms with E-state index in [1.807, 2.05) is 17.0 Å². The molecule has 1 atom stereocenters. The number of ether oxygens (including phenoxy) is 2. The molecule has 0 radical (unpaired) electrons. The number of phenols is 1. The first-order valence-electron chi connectivity index (χ1n) is 13.5. The Bertz CT molecular complexity index is 1620. The first-order chi connectivity index (χ1) is 20.1. The van der Waals surface area contributed by atoms with E-state index < -0.39 is 40.1 Å². The number of sulfonamides is 1. The summed E-state index contributed by atoms with van der Waals surface area (Å²) in [7, 11) is -2.66. The third kappa shape index (κ3) is 5.76. The number of nitrogens with zero attached hydrogens (tertiary/aromatic N) is 2. The van der Waals surface area contributed by atoms with Crippen LogP contribution in [0.15, 0.2) is 53.4 Å². The summed E-state index contributed by atoms with van der Waals surface area (Å²) >= 11 is 0. The van der Waals surface area contributed by atoms with E-state index in [2.05, 4.69) is 10.1 Å². The number of carbonyl (C=O) groups excluding carboxylic acids is 2. The van der Waals surface area contributed by atoms with Crippen molar-refractivity contribution in [1.29, 1.82) is 0 Å². The second-order valence-electron chi connectivity index (χ2n) is 10.2. The van der Waals surface area contributed by atoms with Crippen LogP contribution in [-0.4, -0.2) is 75.5 Å².